The highest BCUT2D eigenvalue weighted by atomic mass is 19.1. The lowest BCUT2D eigenvalue weighted by Crippen LogP contribution is -2.20. The van der Waals surface area contributed by atoms with Gasteiger partial charge in [-0.05, 0) is 55.5 Å². The van der Waals surface area contributed by atoms with Gasteiger partial charge in [-0.15, -0.1) is 0 Å². The van der Waals surface area contributed by atoms with Gasteiger partial charge in [0.15, 0.2) is 29.0 Å². The Bertz CT molecular complexity index is 1750. The molecule has 1 heterocycles. The molecule has 0 fully saturated rings. The van der Waals surface area contributed by atoms with Gasteiger partial charge in [-0.25, -0.2) is 4.79 Å². The molecule has 1 aromatic heterocycles. The van der Waals surface area contributed by atoms with Crippen LogP contribution in [0.5, 0.6) is 46.3 Å². The van der Waals surface area contributed by atoms with Gasteiger partial charge < -0.3 is 45.6 Å². The number of guanidine groups is 1. The van der Waals surface area contributed by atoms with E-state index in [1.807, 2.05) is 0 Å². The van der Waals surface area contributed by atoms with Gasteiger partial charge in [-0.2, -0.15) is 13.8 Å². The topological polar surface area (TPSA) is 208 Å². The molecule has 0 radical (unpaired) electrons. The highest BCUT2D eigenvalue weighted by Gasteiger charge is 2.28. The maximum atomic E-state index is 15.9. The highest BCUT2D eigenvalue weighted by molar-refractivity contribution is 5.95. The number of anilines is 1. The van der Waals surface area contributed by atoms with Gasteiger partial charge in [-0.1, -0.05) is 6.07 Å². The summed E-state index contributed by atoms with van der Waals surface area (Å²) in [7, 11) is 1.28. The Morgan fingerprint density at radius 3 is 2.25 bits per heavy atom. The summed E-state index contributed by atoms with van der Waals surface area (Å²) in [5.74, 6) is -8.23. The van der Waals surface area contributed by atoms with Gasteiger partial charge in [0.05, 0.1) is 19.3 Å². The zero-order valence-corrected chi connectivity index (χ0v) is 23.2. The van der Waals surface area contributed by atoms with Crippen molar-refractivity contribution in [3.05, 3.63) is 83.4 Å². The monoisotopic (exact) mass is 608 g/mol. The molecule has 0 saturated heterocycles. The Kier molecular flexibility index (Phi) is 9.28. The molecule has 0 spiro atoms. The molecule has 44 heavy (non-hydrogen) atoms. The first-order valence-corrected chi connectivity index (χ1v) is 12.7. The third-order valence-corrected chi connectivity index (χ3v) is 5.67. The van der Waals surface area contributed by atoms with Crippen molar-refractivity contribution in [2.45, 2.75) is 6.92 Å². The van der Waals surface area contributed by atoms with E-state index < -0.39 is 40.9 Å². The molecule has 0 unspecified atom stereocenters. The van der Waals surface area contributed by atoms with Crippen LogP contribution in [0, 0.1) is 22.5 Å². The molecule has 0 aliphatic heterocycles. The molecule has 0 bridgehead atoms. The number of ether oxygens (including phenoxy) is 5. The minimum atomic E-state index is -1.46. The van der Waals surface area contributed by atoms with Crippen LogP contribution in [0.15, 0.2) is 60.7 Å². The van der Waals surface area contributed by atoms with Gasteiger partial charge >= 0.3 is 5.97 Å². The van der Waals surface area contributed by atoms with Crippen LogP contribution in [-0.2, 0) is 4.74 Å². The summed E-state index contributed by atoms with van der Waals surface area (Å²) >= 11 is 0. The van der Waals surface area contributed by atoms with Crippen molar-refractivity contribution in [2.75, 3.05) is 19.0 Å². The second-order valence-corrected chi connectivity index (χ2v) is 8.73. The quantitative estimate of drug-likeness (QED) is 0.0739. The Balaban J connectivity index is 1.85. The SMILES string of the molecule is CCOC(=O)c1ccc(OC)c(Oc2c(F)c(Oc3cccc(NC(=N)N)c3)nc(Oc3cc(C(=N)N)ccc3O)c2F)c1. The number of nitrogens with one attached hydrogen (secondary N) is 3. The van der Waals surface area contributed by atoms with E-state index in [9.17, 15) is 9.90 Å². The number of carbonyl (C=O) groups is 1. The van der Waals surface area contributed by atoms with Gasteiger partial charge in [0.25, 0.3) is 11.8 Å². The first kappa shape index (κ1) is 30.8. The third kappa shape index (κ3) is 7.02. The number of nitrogens with two attached hydrogens (primary N) is 2. The molecule has 13 nitrogen and oxygen atoms in total. The van der Waals surface area contributed by atoms with Gasteiger partial charge in [-0.3, -0.25) is 10.8 Å². The number of aromatic nitrogens is 1. The van der Waals surface area contributed by atoms with Crippen LogP contribution in [0.2, 0.25) is 0 Å². The first-order valence-electron chi connectivity index (χ1n) is 12.7. The number of carbonyl (C=O) groups excluding carboxylic acids is 1. The van der Waals surface area contributed by atoms with E-state index in [4.69, 9.17) is 46.0 Å². The number of phenols is 1. The second-order valence-electron chi connectivity index (χ2n) is 8.73. The van der Waals surface area contributed by atoms with Crippen LogP contribution in [0.25, 0.3) is 0 Å². The minimum absolute atomic E-state index is 0.00512. The summed E-state index contributed by atoms with van der Waals surface area (Å²) in [6, 6.07) is 13.3. The number of nitrogen functional groups attached to an aromatic ring is 1. The summed E-state index contributed by atoms with van der Waals surface area (Å²) in [5, 5.41) is 27.9. The Labute approximate surface area is 248 Å². The van der Waals surface area contributed by atoms with Crippen molar-refractivity contribution in [3.8, 4) is 46.3 Å². The normalized spacial score (nSPS) is 10.5. The molecule has 15 heteroatoms. The van der Waals surface area contributed by atoms with Crippen LogP contribution in [0.3, 0.4) is 0 Å². The van der Waals surface area contributed by atoms with E-state index in [0.29, 0.717) is 5.69 Å². The number of halogens is 2. The van der Waals surface area contributed by atoms with Crippen LogP contribution in [-0.4, -0.2) is 41.6 Å². The number of aromatic hydroxyl groups is 1. The molecule has 4 aromatic rings. The zero-order valence-electron chi connectivity index (χ0n) is 23.2. The zero-order chi connectivity index (χ0) is 32.0. The average molecular weight is 609 g/mol. The summed E-state index contributed by atoms with van der Waals surface area (Å²) in [6.07, 6.45) is 0. The lowest BCUT2D eigenvalue weighted by Gasteiger charge is -2.17. The molecule has 228 valence electrons. The second kappa shape index (κ2) is 13.2. The molecular formula is C29H26F2N6O7. The number of amidine groups is 1. The Morgan fingerprint density at radius 2 is 1.59 bits per heavy atom. The number of methoxy groups -OCH3 is 1. The lowest BCUT2D eigenvalue weighted by atomic mass is 10.2. The van der Waals surface area contributed by atoms with E-state index in [0.717, 1.165) is 18.2 Å². The molecular weight excluding hydrogens is 582 g/mol. The standard InChI is InChI=1S/C29H26F2N6O7/c1-3-41-28(39)15-8-10-19(40-2)21(12-15)43-24-22(30)26(42-17-6-4-5-16(13-17)36-29(34)35)37-27(23(24)31)44-20-11-14(25(32)33)7-9-18(20)38/h4-13,38H,3H2,1-2H3,(H3,32,33)(H4,34,35,36). The summed E-state index contributed by atoms with van der Waals surface area (Å²) in [4.78, 5) is 16.1. The number of rotatable bonds is 11. The number of pyridine rings is 1. The first-order chi connectivity index (χ1) is 21.0. The maximum absolute atomic E-state index is 15.9. The van der Waals surface area contributed by atoms with Crippen molar-refractivity contribution in [2.24, 2.45) is 11.5 Å². The number of esters is 1. The third-order valence-electron chi connectivity index (χ3n) is 5.67. The van der Waals surface area contributed by atoms with Crippen LogP contribution in [0.1, 0.15) is 22.8 Å². The van der Waals surface area contributed by atoms with E-state index in [-0.39, 0.29) is 52.5 Å². The lowest BCUT2D eigenvalue weighted by molar-refractivity contribution is 0.0526. The van der Waals surface area contributed by atoms with E-state index in [2.05, 4.69) is 10.3 Å². The smallest absolute Gasteiger partial charge is 0.338 e. The van der Waals surface area contributed by atoms with Crippen molar-refractivity contribution in [3.63, 3.8) is 0 Å². The van der Waals surface area contributed by atoms with Gasteiger partial charge in [0, 0.05) is 17.3 Å². The fourth-order valence-electron chi connectivity index (χ4n) is 3.69. The molecule has 0 aliphatic carbocycles. The Morgan fingerprint density at radius 1 is 0.909 bits per heavy atom. The number of hydrogen-bond acceptors (Lipinski definition) is 10. The van der Waals surface area contributed by atoms with Crippen molar-refractivity contribution < 1.29 is 42.4 Å². The molecule has 0 amide bonds. The van der Waals surface area contributed by atoms with Gasteiger partial charge in [0.2, 0.25) is 17.4 Å². The summed E-state index contributed by atoms with van der Waals surface area (Å²) < 4.78 is 58.7. The van der Waals surface area contributed by atoms with E-state index in [1.165, 1.54) is 43.5 Å². The highest BCUT2D eigenvalue weighted by Crippen LogP contribution is 2.43. The molecule has 4 rings (SSSR count). The molecule has 0 aliphatic rings. The minimum Gasteiger partial charge on any atom is -0.504 e. The van der Waals surface area contributed by atoms with Crippen LogP contribution < -0.4 is 35.7 Å². The molecule has 0 saturated carbocycles. The van der Waals surface area contributed by atoms with E-state index in [1.54, 1.807) is 13.0 Å². The van der Waals surface area contributed by atoms with Crippen LogP contribution >= 0.6 is 0 Å². The number of hydrogen-bond donors (Lipinski definition) is 6. The van der Waals surface area contributed by atoms with Crippen LogP contribution in [0.4, 0.5) is 14.5 Å². The molecule has 0 atom stereocenters. The largest absolute Gasteiger partial charge is 0.504 e. The van der Waals surface area contributed by atoms with E-state index >= 15 is 8.78 Å². The number of phenolic OH excluding ortho intramolecular Hbond substituents is 1. The number of nitrogens with zero attached hydrogens (tertiary/aromatic N) is 1. The van der Waals surface area contributed by atoms with Gasteiger partial charge in [0.1, 0.15) is 11.6 Å². The fraction of sp³-hybridized carbons (Fsp3) is 0.103. The maximum Gasteiger partial charge on any atom is 0.338 e. The predicted molar refractivity (Wildman–Crippen MR) is 154 cm³/mol. The summed E-state index contributed by atoms with van der Waals surface area (Å²) in [6.45, 7) is 1.69. The average Bonchev–Trinajstić information content (AvgIpc) is 2.98. The molecule has 3 aromatic carbocycles. The summed E-state index contributed by atoms with van der Waals surface area (Å²) in [5.41, 5.74) is 11.3. The Hall–Kier alpha value is -6.12. The number of benzene rings is 3. The van der Waals surface area contributed by atoms with Crippen molar-refractivity contribution in [1.82, 2.24) is 4.98 Å². The predicted octanol–water partition coefficient (Wildman–Crippen LogP) is 5.22. The van der Waals surface area contributed by atoms with Crippen molar-refractivity contribution in [1.29, 1.82) is 10.8 Å². The fourth-order valence-corrected chi connectivity index (χ4v) is 3.69. The molecule has 8 N–H and O–H groups in total. The van der Waals surface area contributed by atoms with Crippen molar-refractivity contribution >= 4 is 23.5 Å².